The van der Waals surface area contributed by atoms with Gasteiger partial charge in [0.1, 0.15) is 0 Å². The molecule has 1 fully saturated rings. The van der Waals surface area contributed by atoms with E-state index in [0.717, 1.165) is 38.0 Å². The molecule has 0 radical (unpaired) electrons. The van der Waals surface area contributed by atoms with Crippen LogP contribution in [-0.4, -0.2) is 86.0 Å². The molecule has 1 amide bonds. The van der Waals surface area contributed by atoms with Gasteiger partial charge in [0.15, 0.2) is 0 Å². The van der Waals surface area contributed by atoms with E-state index in [2.05, 4.69) is 19.0 Å². The van der Waals surface area contributed by atoms with E-state index < -0.39 is 0 Å². The lowest BCUT2D eigenvalue weighted by Crippen LogP contribution is -2.50. The minimum atomic E-state index is 0.0764. The molecule has 1 aromatic rings. The summed E-state index contributed by atoms with van der Waals surface area (Å²) in [5.74, 6) is 0.470. The maximum Gasteiger partial charge on any atom is 0.253 e. The first-order chi connectivity index (χ1) is 12.5. The van der Waals surface area contributed by atoms with E-state index in [-0.39, 0.29) is 19.1 Å². The zero-order chi connectivity index (χ0) is 19.1. The lowest BCUT2D eigenvalue weighted by Gasteiger charge is -2.41. The highest BCUT2D eigenvalue weighted by Crippen LogP contribution is 2.26. The van der Waals surface area contributed by atoms with Crippen LogP contribution in [0.1, 0.15) is 29.6 Å². The van der Waals surface area contributed by atoms with Crippen LogP contribution in [0.15, 0.2) is 24.3 Å². The Hall–Kier alpha value is -1.63. The third-order valence-corrected chi connectivity index (χ3v) is 5.37. The second kappa shape index (κ2) is 9.90. The molecule has 1 saturated heterocycles. The van der Waals surface area contributed by atoms with Crippen molar-refractivity contribution in [2.75, 3.05) is 58.9 Å². The van der Waals surface area contributed by atoms with Gasteiger partial charge in [-0.3, -0.25) is 4.79 Å². The Kier molecular flexibility index (Phi) is 7.87. The normalized spacial score (nSPS) is 20.5. The number of amides is 1. The van der Waals surface area contributed by atoms with Crippen molar-refractivity contribution in [1.29, 1.82) is 0 Å². The maximum atomic E-state index is 12.9. The minimum absolute atomic E-state index is 0.0764. The SMILES string of the molecule is CN(CCO)c1ccc(C(=O)N2CC[C@@H](N(C)C)[C@@H](CCCO)C2)cc1. The molecule has 2 N–H and O–H groups in total. The number of rotatable bonds is 8. The monoisotopic (exact) mass is 363 g/mol. The Morgan fingerprint density at radius 3 is 2.42 bits per heavy atom. The number of hydrogen-bond acceptors (Lipinski definition) is 5. The molecule has 0 spiro atoms. The summed E-state index contributed by atoms with van der Waals surface area (Å²) in [6.45, 7) is 2.38. The Labute approximate surface area is 157 Å². The van der Waals surface area contributed by atoms with E-state index in [1.54, 1.807) is 0 Å². The molecule has 1 aliphatic heterocycles. The first-order valence-corrected chi connectivity index (χ1v) is 9.46. The van der Waals surface area contributed by atoms with Gasteiger partial charge in [0.25, 0.3) is 5.91 Å². The van der Waals surface area contributed by atoms with Crippen LogP contribution in [0.5, 0.6) is 0 Å². The number of carbonyl (C=O) groups excluding carboxylic acids is 1. The third-order valence-electron chi connectivity index (χ3n) is 5.37. The molecule has 0 aliphatic carbocycles. The largest absolute Gasteiger partial charge is 0.396 e. The first kappa shape index (κ1) is 20.7. The predicted molar refractivity (Wildman–Crippen MR) is 105 cm³/mol. The molecule has 0 bridgehead atoms. The van der Waals surface area contributed by atoms with Gasteiger partial charge in [-0.25, -0.2) is 0 Å². The number of nitrogens with zero attached hydrogens (tertiary/aromatic N) is 3. The van der Waals surface area contributed by atoms with Crippen molar-refractivity contribution in [2.24, 2.45) is 5.92 Å². The van der Waals surface area contributed by atoms with Crippen LogP contribution in [0.25, 0.3) is 0 Å². The van der Waals surface area contributed by atoms with Crippen molar-refractivity contribution in [3.63, 3.8) is 0 Å². The number of anilines is 1. The summed E-state index contributed by atoms with van der Waals surface area (Å²) < 4.78 is 0. The lowest BCUT2D eigenvalue weighted by atomic mass is 9.87. The number of likely N-dealkylation sites (N-methyl/N-ethyl adjacent to an activating group) is 1. The zero-order valence-electron chi connectivity index (χ0n) is 16.3. The van der Waals surface area contributed by atoms with E-state index >= 15 is 0 Å². The minimum Gasteiger partial charge on any atom is -0.396 e. The fourth-order valence-corrected chi connectivity index (χ4v) is 3.84. The summed E-state index contributed by atoms with van der Waals surface area (Å²) in [7, 11) is 6.11. The molecule has 0 aromatic heterocycles. The van der Waals surface area contributed by atoms with Crippen molar-refractivity contribution in [2.45, 2.75) is 25.3 Å². The standard InChI is InChI=1S/C20H33N3O3/c1-21(2)19-10-11-23(15-17(19)5-4-13-24)20(26)16-6-8-18(9-7-16)22(3)12-14-25/h6-9,17,19,24-25H,4-5,10-15H2,1-3H3/t17-,19+/m0/s1. The summed E-state index contributed by atoms with van der Waals surface area (Å²) >= 11 is 0. The van der Waals surface area contributed by atoms with E-state index in [9.17, 15) is 9.90 Å². The van der Waals surface area contributed by atoms with Gasteiger partial charge in [0.05, 0.1) is 6.61 Å². The molecule has 6 heteroatoms. The van der Waals surface area contributed by atoms with Crippen molar-refractivity contribution in [1.82, 2.24) is 9.80 Å². The number of hydrogen-bond donors (Lipinski definition) is 2. The first-order valence-electron chi connectivity index (χ1n) is 9.46. The number of likely N-dealkylation sites (tertiary alicyclic amines) is 1. The van der Waals surface area contributed by atoms with Gasteiger partial charge in [0.2, 0.25) is 0 Å². The van der Waals surface area contributed by atoms with E-state index in [1.165, 1.54) is 0 Å². The quantitative estimate of drug-likeness (QED) is 0.728. The highest BCUT2D eigenvalue weighted by molar-refractivity contribution is 5.94. The topological polar surface area (TPSA) is 67.2 Å². The molecule has 6 nitrogen and oxygen atoms in total. The summed E-state index contributed by atoms with van der Waals surface area (Å²) in [5, 5.41) is 18.2. The number of carbonyl (C=O) groups is 1. The van der Waals surface area contributed by atoms with E-state index in [4.69, 9.17) is 5.11 Å². The van der Waals surface area contributed by atoms with Gasteiger partial charge in [-0.05, 0) is 63.5 Å². The average molecular weight is 364 g/mol. The lowest BCUT2D eigenvalue weighted by molar-refractivity contribution is 0.0495. The average Bonchev–Trinajstić information content (AvgIpc) is 2.65. The fourth-order valence-electron chi connectivity index (χ4n) is 3.84. The predicted octanol–water partition coefficient (Wildman–Crippen LogP) is 1.28. The van der Waals surface area contributed by atoms with Crippen LogP contribution in [0.3, 0.4) is 0 Å². The molecule has 1 aliphatic rings. The fraction of sp³-hybridized carbons (Fsp3) is 0.650. The summed E-state index contributed by atoms with van der Waals surface area (Å²) in [6.07, 6.45) is 2.68. The second-order valence-electron chi connectivity index (χ2n) is 7.39. The zero-order valence-corrected chi connectivity index (χ0v) is 16.3. The molecule has 0 unspecified atom stereocenters. The third kappa shape index (κ3) is 5.19. The number of benzene rings is 1. The van der Waals surface area contributed by atoms with E-state index in [1.807, 2.05) is 41.1 Å². The van der Waals surface area contributed by atoms with Gasteiger partial charge >= 0.3 is 0 Å². The molecule has 1 aromatic carbocycles. The van der Waals surface area contributed by atoms with Gasteiger partial charge in [0, 0.05) is 50.6 Å². The van der Waals surface area contributed by atoms with Crippen LogP contribution in [-0.2, 0) is 0 Å². The smallest absolute Gasteiger partial charge is 0.253 e. The van der Waals surface area contributed by atoms with Crippen LogP contribution in [0.2, 0.25) is 0 Å². The molecular weight excluding hydrogens is 330 g/mol. The Morgan fingerprint density at radius 2 is 1.85 bits per heavy atom. The van der Waals surface area contributed by atoms with Gasteiger partial charge < -0.3 is 24.9 Å². The number of piperidine rings is 1. The highest BCUT2D eigenvalue weighted by Gasteiger charge is 2.32. The van der Waals surface area contributed by atoms with Gasteiger partial charge in [-0.2, -0.15) is 0 Å². The van der Waals surface area contributed by atoms with Crippen LogP contribution in [0.4, 0.5) is 5.69 Å². The van der Waals surface area contributed by atoms with Crippen molar-refractivity contribution < 1.29 is 15.0 Å². The molecule has 146 valence electrons. The van der Waals surface area contributed by atoms with Gasteiger partial charge in [-0.15, -0.1) is 0 Å². The van der Waals surface area contributed by atoms with Crippen molar-refractivity contribution in [3.8, 4) is 0 Å². The van der Waals surface area contributed by atoms with Crippen molar-refractivity contribution >= 4 is 11.6 Å². The van der Waals surface area contributed by atoms with Crippen molar-refractivity contribution in [3.05, 3.63) is 29.8 Å². The molecule has 26 heavy (non-hydrogen) atoms. The molecule has 2 rings (SSSR count). The summed E-state index contributed by atoms with van der Waals surface area (Å²) in [4.78, 5) is 19.1. The Morgan fingerprint density at radius 1 is 1.15 bits per heavy atom. The molecule has 1 heterocycles. The highest BCUT2D eigenvalue weighted by atomic mass is 16.3. The van der Waals surface area contributed by atoms with E-state index in [0.29, 0.717) is 24.1 Å². The molecule has 2 atom stereocenters. The van der Waals surface area contributed by atoms with Crippen LogP contribution in [0, 0.1) is 5.92 Å². The van der Waals surface area contributed by atoms with Crippen LogP contribution < -0.4 is 4.90 Å². The Balaban J connectivity index is 2.04. The molecule has 0 saturated carbocycles. The summed E-state index contributed by atoms with van der Waals surface area (Å²) in [6, 6.07) is 8.05. The maximum absolute atomic E-state index is 12.9. The number of aliphatic hydroxyl groups excluding tert-OH is 2. The second-order valence-corrected chi connectivity index (χ2v) is 7.39. The van der Waals surface area contributed by atoms with Crippen LogP contribution >= 0.6 is 0 Å². The van der Waals surface area contributed by atoms with Gasteiger partial charge in [-0.1, -0.05) is 0 Å². The Bertz CT molecular complexity index is 562. The number of aliphatic hydroxyl groups is 2. The summed E-state index contributed by atoms with van der Waals surface area (Å²) in [5.41, 5.74) is 1.69. The molecular formula is C20H33N3O3.